The van der Waals surface area contributed by atoms with Gasteiger partial charge in [-0.2, -0.15) is 0 Å². The molecule has 0 spiro atoms. The Balaban J connectivity index is 1.61. The number of carboxylic acids is 1. The number of aromatic nitrogens is 2. The number of rotatable bonds is 7. The summed E-state index contributed by atoms with van der Waals surface area (Å²) in [7, 11) is 0. The molecule has 1 amide bonds. The number of amides is 1. The van der Waals surface area contributed by atoms with E-state index < -0.39 is 11.9 Å². The number of carboxylic acid groups (broad SMARTS) is 1. The van der Waals surface area contributed by atoms with E-state index in [0.29, 0.717) is 11.1 Å². The van der Waals surface area contributed by atoms with Crippen LogP contribution in [0.15, 0.2) is 48.8 Å². The van der Waals surface area contributed by atoms with Crippen LogP contribution in [0, 0.1) is 25.1 Å². The Kier molecular flexibility index (Phi) is 6.89. The molecular formula is C23H22FN5O3. The maximum absolute atomic E-state index is 13.4. The van der Waals surface area contributed by atoms with E-state index in [1.165, 1.54) is 24.5 Å². The maximum Gasteiger partial charge on any atom is 0.335 e. The first-order valence-electron chi connectivity index (χ1n) is 9.75. The summed E-state index contributed by atoms with van der Waals surface area (Å²) in [5.41, 5.74) is 3.24. The lowest BCUT2D eigenvalue weighted by atomic mass is 10.1. The first-order chi connectivity index (χ1) is 15.2. The minimum Gasteiger partial charge on any atom is -0.478 e. The number of carbonyl (C=O) groups excluding carboxylic acids is 1. The first kappa shape index (κ1) is 22.5. The Morgan fingerprint density at radius 3 is 2.22 bits per heavy atom. The number of halogens is 1. The second-order valence-corrected chi connectivity index (χ2v) is 7.24. The zero-order chi connectivity index (χ0) is 23.3. The predicted molar refractivity (Wildman–Crippen MR) is 116 cm³/mol. The SMILES string of the molecule is Cc1cc(CNC(=O)c2cc(C(=N)NCc3ccc(C(=O)O)c(C)c3)ncn2)ccc1F. The molecule has 3 rings (SSSR count). The van der Waals surface area contributed by atoms with E-state index in [1.54, 1.807) is 38.1 Å². The van der Waals surface area contributed by atoms with Gasteiger partial charge in [0.1, 0.15) is 29.4 Å². The van der Waals surface area contributed by atoms with Crippen molar-refractivity contribution in [3.8, 4) is 0 Å². The molecule has 1 heterocycles. The van der Waals surface area contributed by atoms with Crippen LogP contribution in [0.3, 0.4) is 0 Å². The van der Waals surface area contributed by atoms with Crippen molar-refractivity contribution < 1.29 is 19.1 Å². The molecule has 0 aliphatic carbocycles. The minimum absolute atomic E-state index is 0.00410. The van der Waals surface area contributed by atoms with Crippen molar-refractivity contribution in [3.05, 3.63) is 93.8 Å². The summed E-state index contributed by atoms with van der Waals surface area (Å²) >= 11 is 0. The normalized spacial score (nSPS) is 10.5. The van der Waals surface area contributed by atoms with Crippen molar-refractivity contribution >= 4 is 17.7 Å². The second-order valence-electron chi connectivity index (χ2n) is 7.24. The van der Waals surface area contributed by atoms with Crippen molar-refractivity contribution in [1.82, 2.24) is 20.6 Å². The van der Waals surface area contributed by atoms with E-state index in [0.717, 1.165) is 11.1 Å². The van der Waals surface area contributed by atoms with Crippen molar-refractivity contribution in [1.29, 1.82) is 5.41 Å². The highest BCUT2D eigenvalue weighted by Crippen LogP contribution is 2.12. The summed E-state index contributed by atoms with van der Waals surface area (Å²) in [6.07, 6.45) is 1.20. The van der Waals surface area contributed by atoms with E-state index in [9.17, 15) is 14.0 Å². The lowest BCUT2D eigenvalue weighted by Gasteiger charge is -2.10. The van der Waals surface area contributed by atoms with E-state index in [2.05, 4.69) is 20.6 Å². The van der Waals surface area contributed by atoms with Crippen LogP contribution in [0.4, 0.5) is 4.39 Å². The third-order valence-electron chi connectivity index (χ3n) is 4.82. The molecular weight excluding hydrogens is 413 g/mol. The molecule has 0 radical (unpaired) electrons. The van der Waals surface area contributed by atoms with Gasteiger partial charge in [-0.3, -0.25) is 10.2 Å². The van der Waals surface area contributed by atoms with Crippen LogP contribution in [-0.2, 0) is 13.1 Å². The van der Waals surface area contributed by atoms with Gasteiger partial charge in [0.15, 0.2) is 0 Å². The molecule has 164 valence electrons. The van der Waals surface area contributed by atoms with Gasteiger partial charge in [0.25, 0.3) is 5.91 Å². The summed E-state index contributed by atoms with van der Waals surface area (Å²) < 4.78 is 13.4. The quantitative estimate of drug-likeness (QED) is 0.334. The molecule has 3 aromatic rings. The average Bonchev–Trinajstić information content (AvgIpc) is 2.78. The van der Waals surface area contributed by atoms with Gasteiger partial charge >= 0.3 is 5.97 Å². The van der Waals surface area contributed by atoms with Crippen molar-refractivity contribution in [2.24, 2.45) is 0 Å². The number of hydrogen-bond donors (Lipinski definition) is 4. The zero-order valence-corrected chi connectivity index (χ0v) is 17.6. The Labute approximate surface area is 184 Å². The number of nitrogens with zero attached hydrogens (tertiary/aromatic N) is 2. The highest BCUT2D eigenvalue weighted by Gasteiger charge is 2.12. The fraction of sp³-hybridized carbons (Fsp3) is 0.174. The van der Waals surface area contributed by atoms with E-state index in [4.69, 9.17) is 10.5 Å². The van der Waals surface area contributed by atoms with Crippen LogP contribution in [0.5, 0.6) is 0 Å². The van der Waals surface area contributed by atoms with Gasteiger partial charge in [0.2, 0.25) is 0 Å². The molecule has 0 unspecified atom stereocenters. The highest BCUT2D eigenvalue weighted by molar-refractivity contribution is 5.98. The van der Waals surface area contributed by atoms with Crippen LogP contribution in [0.1, 0.15) is 48.8 Å². The monoisotopic (exact) mass is 435 g/mol. The molecule has 0 saturated carbocycles. The first-order valence-corrected chi connectivity index (χ1v) is 9.75. The van der Waals surface area contributed by atoms with Gasteiger partial charge in [0.05, 0.1) is 5.56 Å². The summed E-state index contributed by atoms with van der Waals surface area (Å²) in [5, 5.41) is 22.9. The number of amidine groups is 1. The third-order valence-corrected chi connectivity index (χ3v) is 4.82. The molecule has 1 aromatic heterocycles. The van der Waals surface area contributed by atoms with E-state index >= 15 is 0 Å². The number of benzene rings is 2. The largest absolute Gasteiger partial charge is 0.478 e. The Bertz CT molecular complexity index is 1200. The van der Waals surface area contributed by atoms with E-state index in [1.807, 2.05) is 0 Å². The fourth-order valence-corrected chi connectivity index (χ4v) is 3.06. The number of aromatic carboxylic acids is 1. The number of hydrogen-bond acceptors (Lipinski definition) is 5. The van der Waals surface area contributed by atoms with Gasteiger partial charge in [-0.1, -0.05) is 24.3 Å². The highest BCUT2D eigenvalue weighted by atomic mass is 19.1. The van der Waals surface area contributed by atoms with Crippen LogP contribution >= 0.6 is 0 Å². The van der Waals surface area contributed by atoms with E-state index in [-0.39, 0.29) is 41.7 Å². The lowest BCUT2D eigenvalue weighted by molar-refractivity contribution is 0.0695. The number of carbonyl (C=O) groups is 2. The standard InChI is InChI=1S/C23H22FN5O3/c1-13-7-15(3-5-17(13)23(31)32)10-26-21(25)19-9-20(29-12-28-19)22(30)27-11-16-4-6-18(24)14(2)8-16/h3-9,12H,10-11H2,1-2H3,(H2,25,26)(H,27,30)(H,31,32). The van der Waals surface area contributed by atoms with Crippen LogP contribution in [-0.4, -0.2) is 32.8 Å². The van der Waals surface area contributed by atoms with Gasteiger partial charge in [-0.05, 0) is 54.3 Å². The Morgan fingerprint density at radius 2 is 1.56 bits per heavy atom. The molecule has 4 N–H and O–H groups in total. The summed E-state index contributed by atoms with van der Waals surface area (Å²) in [6, 6.07) is 10.9. The number of nitrogens with one attached hydrogen (secondary N) is 3. The van der Waals surface area contributed by atoms with Crippen LogP contribution in [0.2, 0.25) is 0 Å². The summed E-state index contributed by atoms with van der Waals surface area (Å²) in [4.78, 5) is 31.5. The summed E-state index contributed by atoms with van der Waals surface area (Å²) in [6.45, 7) is 3.86. The Morgan fingerprint density at radius 1 is 0.938 bits per heavy atom. The molecule has 0 aliphatic heterocycles. The summed E-state index contributed by atoms with van der Waals surface area (Å²) in [5.74, 6) is -1.74. The average molecular weight is 435 g/mol. The maximum atomic E-state index is 13.4. The molecule has 2 aromatic carbocycles. The third kappa shape index (κ3) is 5.51. The molecule has 32 heavy (non-hydrogen) atoms. The fourth-order valence-electron chi connectivity index (χ4n) is 3.06. The zero-order valence-electron chi connectivity index (χ0n) is 17.6. The molecule has 0 atom stereocenters. The molecule has 9 heteroatoms. The topological polar surface area (TPSA) is 128 Å². The molecule has 0 bridgehead atoms. The molecule has 0 aliphatic rings. The van der Waals surface area contributed by atoms with Gasteiger partial charge in [-0.25, -0.2) is 19.2 Å². The van der Waals surface area contributed by atoms with Gasteiger partial charge < -0.3 is 15.7 Å². The van der Waals surface area contributed by atoms with Gasteiger partial charge in [-0.15, -0.1) is 0 Å². The lowest BCUT2D eigenvalue weighted by Crippen LogP contribution is -2.27. The van der Waals surface area contributed by atoms with Crippen LogP contribution < -0.4 is 10.6 Å². The Hall–Kier alpha value is -4.14. The molecule has 8 nitrogen and oxygen atoms in total. The van der Waals surface area contributed by atoms with Gasteiger partial charge in [0, 0.05) is 13.1 Å². The van der Waals surface area contributed by atoms with Crippen molar-refractivity contribution in [3.63, 3.8) is 0 Å². The van der Waals surface area contributed by atoms with Crippen molar-refractivity contribution in [2.75, 3.05) is 0 Å². The van der Waals surface area contributed by atoms with Crippen LogP contribution in [0.25, 0.3) is 0 Å². The molecule has 0 fully saturated rings. The second kappa shape index (κ2) is 9.78. The predicted octanol–water partition coefficient (Wildman–Crippen LogP) is 2.98. The minimum atomic E-state index is -0.990. The van der Waals surface area contributed by atoms with Crippen molar-refractivity contribution in [2.45, 2.75) is 26.9 Å². The smallest absolute Gasteiger partial charge is 0.335 e. The molecule has 0 saturated heterocycles. The number of aryl methyl sites for hydroxylation is 2.